The predicted octanol–water partition coefficient (Wildman–Crippen LogP) is 2.03. The molecule has 1 amide bonds. The molecular weight excluding hydrogens is 284 g/mol. The van der Waals surface area contributed by atoms with Crippen LogP contribution >= 0.6 is 11.3 Å². The lowest BCUT2D eigenvalue weighted by Gasteiger charge is -2.35. The smallest absolute Gasteiger partial charge is 0.265 e. The highest BCUT2D eigenvalue weighted by Crippen LogP contribution is 2.25. The van der Waals surface area contributed by atoms with Gasteiger partial charge in [0, 0.05) is 43.1 Å². The molecule has 3 rings (SSSR count). The van der Waals surface area contributed by atoms with Gasteiger partial charge >= 0.3 is 0 Å². The lowest BCUT2D eigenvalue weighted by Crippen LogP contribution is -2.55. The van der Waals surface area contributed by atoms with Crippen molar-refractivity contribution in [2.24, 2.45) is 0 Å². The van der Waals surface area contributed by atoms with Crippen LogP contribution in [0.4, 0.5) is 0 Å². The van der Waals surface area contributed by atoms with Crippen LogP contribution in [0.5, 0.6) is 0 Å². The molecule has 110 valence electrons. The summed E-state index contributed by atoms with van der Waals surface area (Å²) in [7, 11) is 0. The van der Waals surface area contributed by atoms with Gasteiger partial charge in [-0.1, -0.05) is 0 Å². The third-order valence-corrected chi connectivity index (χ3v) is 4.52. The van der Waals surface area contributed by atoms with E-state index in [0.717, 1.165) is 23.7 Å². The number of carbonyl (C=O) groups excluding carboxylic acids is 1. The number of thiazole rings is 1. The van der Waals surface area contributed by atoms with E-state index in [9.17, 15) is 4.79 Å². The average Bonchev–Trinajstić information content (AvgIpc) is 2.96. The van der Waals surface area contributed by atoms with Gasteiger partial charge < -0.3 is 10.2 Å². The molecule has 1 N–H and O–H groups in total. The minimum atomic E-state index is 0.0769. The van der Waals surface area contributed by atoms with E-state index in [1.165, 1.54) is 11.3 Å². The van der Waals surface area contributed by atoms with E-state index < -0.39 is 0 Å². The second kappa shape index (κ2) is 5.91. The highest BCUT2D eigenvalue weighted by Gasteiger charge is 2.26. The molecule has 0 spiro atoms. The SMILES string of the molecule is C[C@@H]1CN(C(=O)c2cnc(-c3ccncc3)s2)C[C@@H](C)N1. The van der Waals surface area contributed by atoms with Gasteiger partial charge in [-0.25, -0.2) is 4.98 Å². The van der Waals surface area contributed by atoms with Crippen LogP contribution in [0.1, 0.15) is 23.5 Å². The molecule has 0 radical (unpaired) electrons. The van der Waals surface area contributed by atoms with Crippen molar-refractivity contribution in [3.8, 4) is 10.6 Å². The molecular formula is C15H18N4OS. The summed E-state index contributed by atoms with van der Waals surface area (Å²) in [6.07, 6.45) is 5.15. The van der Waals surface area contributed by atoms with E-state index in [0.29, 0.717) is 17.0 Å². The fraction of sp³-hybridized carbons (Fsp3) is 0.400. The molecule has 0 aliphatic carbocycles. The summed E-state index contributed by atoms with van der Waals surface area (Å²) in [5, 5.41) is 4.29. The molecule has 1 aliphatic rings. The molecule has 2 aromatic rings. The van der Waals surface area contributed by atoms with E-state index in [4.69, 9.17) is 0 Å². The predicted molar refractivity (Wildman–Crippen MR) is 83.3 cm³/mol. The van der Waals surface area contributed by atoms with Crippen LogP contribution in [-0.2, 0) is 0 Å². The molecule has 1 saturated heterocycles. The number of rotatable bonds is 2. The number of aromatic nitrogens is 2. The Balaban J connectivity index is 1.78. The maximum absolute atomic E-state index is 12.6. The third-order valence-electron chi connectivity index (χ3n) is 3.49. The number of pyridine rings is 1. The molecule has 0 saturated carbocycles. The normalized spacial score (nSPS) is 22.3. The van der Waals surface area contributed by atoms with Crippen molar-refractivity contribution in [3.05, 3.63) is 35.6 Å². The van der Waals surface area contributed by atoms with Gasteiger partial charge in [-0.2, -0.15) is 0 Å². The van der Waals surface area contributed by atoms with E-state index in [-0.39, 0.29) is 5.91 Å². The number of amides is 1. The second-order valence-electron chi connectivity index (χ2n) is 5.44. The van der Waals surface area contributed by atoms with Gasteiger partial charge in [0.15, 0.2) is 0 Å². The van der Waals surface area contributed by atoms with E-state index in [1.54, 1.807) is 18.6 Å². The standard InChI is InChI=1S/C15H18N4OS/c1-10-8-19(9-11(2)18-10)15(20)13-7-17-14(21-13)12-3-5-16-6-4-12/h3-7,10-11,18H,8-9H2,1-2H3/t10-,11-/m1/s1. The van der Waals surface area contributed by atoms with Crippen molar-refractivity contribution in [1.82, 2.24) is 20.2 Å². The lowest BCUT2D eigenvalue weighted by molar-refractivity contribution is 0.0678. The Labute approximate surface area is 128 Å². The van der Waals surface area contributed by atoms with Crippen LogP contribution in [0.2, 0.25) is 0 Å². The topological polar surface area (TPSA) is 58.1 Å². The fourth-order valence-corrected chi connectivity index (χ4v) is 3.54. The summed E-state index contributed by atoms with van der Waals surface area (Å²) in [5.41, 5.74) is 0.996. The highest BCUT2D eigenvalue weighted by molar-refractivity contribution is 7.16. The maximum atomic E-state index is 12.6. The minimum absolute atomic E-state index is 0.0769. The van der Waals surface area contributed by atoms with E-state index in [2.05, 4.69) is 29.1 Å². The Hall–Kier alpha value is -1.79. The molecule has 0 aromatic carbocycles. The van der Waals surface area contributed by atoms with Crippen LogP contribution < -0.4 is 5.32 Å². The van der Waals surface area contributed by atoms with Crippen molar-refractivity contribution in [2.45, 2.75) is 25.9 Å². The summed E-state index contributed by atoms with van der Waals surface area (Å²) in [6.45, 7) is 5.69. The molecule has 2 atom stereocenters. The zero-order valence-corrected chi connectivity index (χ0v) is 12.9. The van der Waals surface area contributed by atoms with Crippen molar-refractivity contribution < 1.29 is 4.79 Å². The largest absolute Gasteiger partial charge is 0.335 e. The Morgan fingerprint density at radius 3 is 2.62 bits per heavy atom. The van der Waals surface area contributed by atoms with Gasteiger partial charge in [-0.3, -0.25) is 9.78 Å². The molecule has 0 unspecified atom stereocenters. The van der Waals surface area contributed by atoms with Crippen molar-refractivity contribution in [1.29, 1.82) is 0 Å². The van der Waals surface area contributed by atoms with Crippen molar-refractivity contribution in [2.75, 3.05) is 13.1 Å². The first-order chi connectivity index (χ1) is 10.1. The van der Waals surface area contributed by atoms with Gasteiger partial charge in [-0.15, -0.1) is 11.3 Å². The zero-order chi connectivity index (χ0) is 14.8. The summed E-state index contributed by atoms with van der Waals surface area (Å²) in [6, 6.07) is 4.46. The molecule has 5 nitrogen and oxygen atoms in total. The Bertz CT molecular complexity index is 618. The molecule has 21 heavy (non-hydrogen) atoms. The minimum Gasteiger partial charge on any atom is -0.335 e. The maximum Gasteiger partial charge on any atom is 0.265 e. The van der Waals surface area contributed by atoms with Crippen LogP contribution in [-0.4, -0.2) is 45.9 Å². The van der Waals surface area contributed by atoms with Gasteiger partial charge in [0.1, 0.15) is 9.88 Å². The molecule has 6 heteroatoms. The number of carbonyl (C=O) groups is 1. The fourth-order valence-electron chi connectivity index (χ4n) is 2.65. The van der Waals surface area contributed by atoms with Gasteiger partial charge in [0.2, 0.25) is 0 Å². The summed E-state index contributed by atoms with van der Waals surface area (Å²) in [5.74, 6) is 0.0769. The van der Waals surface area contributed by atoms with Crippen molar-refractivity contribution in [3.63, 3.8) is 0 Å². The molecule has 0 bridgehead atoms. The Kier molecular flexibility index (Phi) is 3.98. The highest BCUT2D eigenvalue weighted by atomic mass is 32.1. The Morgan fingerprint density at radius 2 is 1.95 bits per heavy atom. The summed E-state index contributed by atoms with van der Waals surface area (Å²) < 4.78 is 0. The Morgan fingerprint density at radius 1 is 1.29 bits per heavy atom. The van der Waals surface area contributed by atoms with Gasteiger partial charge in [0.25, 0.3) is 5.91 Å². The van der Waals surface area contributed by atoms with E-state index in [1.807, 2.05) is 17.0 Å². The van der Waals surface area contributed by atoms with E-state index >= 15 is 0 Å². The van der Waals surface area contributed by atoms with Crippen molar-refractivity contribution >= 4 is 17.2 Å². The molecule has 1 fully saturated rings. The molecule has 3 heterocycles. The molecule has 2 aromatic heterocycles. The van der Waals surface area contributed by atoms with Gasteiger partial charge in [0.05, 0.1) is 6.20 Å². The first-order valence-corrected chi connectivity index (χ1v) is 7.86. The average molecular weight is 302 g/mol. The lowest BCUT2D eigenvalue weighted by atomic mass is 10.1. The summed E-state index contributed by atoms with van der Waals surface area (Å²) >= 11 is 1.44. The third kappa shape index (κ3) is 3.11. The number of piperazine rings is 1. The van der Waals surface area contributed by atoms with Crippen LogP contribution in [0.3, 0.4) is 0 Å². The first kappa shape index (κ1) is 14.2. The quantitative estimate of drug-likeness (QED) is 0.922. The van der Waals surface area contributed by atoms with Crippen LogP contribution in [0.25, 0.3) is 10.6 Å². The number of hydrogen-bond donors (Lipinski definition) is 1. The summed E-state index contributed by atoms with van der Waals surface area (Å²) in [4.78, 5) is 23.6. The molecule has 1 aliphatic heterocycles. The monoisotopic (exact) mass is 302 g/mol. The zero-order valence-electron chi connectivity index (χ0n) is 12.1. The van der Waals surface area contributed by atoms with Gasteiger partial charge in [-0.05, 0) is 26.0 Å². The number of hydrogen-bond acceptors (Lipinski definition) is 5. The second-order valence-corrected chi connectivity index (χ2v) is 6.48. The number of nitrogens with zero attached hydrogens (tertiary/aromatic N) is 3. The number of nitrogens with one attached hydrogen (secondary N) is 1. The van der Waals surface area contributed by atoms with Crippen LogP contribution in [0.15, 0.2) is 30.7 Å². The van der Waals surface area contributed by atoms with Crippen LogP contribution in [0, 0.1) is 0 Å². The first-order valence-electron chi connectivity index (χ1n) is 7.05.